The molecule has 2 aliphatic heterocycles. The number of fused-ring (bicyclic) bond motifs is 4. The van der Waals surface area contributed by atoms with Gasteiger partial charge in [-0.15, -0.1) is 0 Å². The van der Waals surface area contributed by atoms with Crippen LogP contribution in [0.15, 0.2) is 66.4 Å². The van der Waals surface area contributed by atoms with Crippen LogP contribution < -0.4 is 5.43 Å². The van der Waals surface area contributed by atoms with Crippen LogP contribution >= 0.6 is 23.2 Å². The highest BCUT2D eigenvalue weighted by atomic mass is 35.5. The van der Waals surface area contributed by atoms with Crippen LogP contribution in [0.3, 0.4) is 0 Å². The normalized spacial score (nSPS) is 28.3. The van der Waals surface area contributed by atoms with Gasteiger partial charge in [0.05, 0.1) is 33.8 Å². The van der Waals surface area contributed by atoms with E-state index in [4.69, 9.17) is 23.2 Å². The van der Waals surface area contributed by atoms with Crippen molar-refractivity contribution in [2.45, 2.75) is 37.3 Å². The maximum Gasteiger partial charge on any atom is 0.417 e. The van der Waals surface area contributed by atoms with Crippen molar-refractivity contribution in [2.24, 2.45) is 23.7 Å². The second kappa shape index (κ2) is 11.0. The van der Waals surface area contributed by atoms with Gasteiger partial charge in [-0.3, -0.25) is 29.8 Å². The summed E-state index contributed by atoms with van der Waals surface area (Å²) in [6, 6.07) is 11.8. The number of amides is 4. The van der Waals surface area contributed by atoms with Crippen molar-refractivity contribution in [3.63, 3.8) is 0 Å². The summed E-state index contributed by atoms with van der Waals surface area (Å²) in [5.41, 5.74) is 1.21. The smallest absolute Gasteiger partial charge is 0.417 e. The maximum atomic E-state index is 15.0. The van der Waals surface area contributed by atoms with Gasteiger partial charge in [0.2, 0.25) is 0 Å². The lowest BCUT2D eigenvalue weighted by Gasteiger charge is -2.50. The summed E-state index contributed by atoms with van der Waals surface area (Å²) >= 11 is 12.4. The predicted octanol–water partition coefficient (Wildman–Crippen LogP) is 5.80. The number of carbonyl (C=O) groups excluding carboxylic acids is 4. The number of hydrogen-bond acceptors (Lipinski definition) is 8. The van der Waals surface area contributed by atoms with E-state index in [1.807, 2.05) is 0 Å². The minimum atomic E-state index is -4.75. The number of nitrogens with zero attached hydrogens (tertiary/aromatic N) is 3. The molecule has 3 fully saturated rings. The van der Waals surface area contributed by atoms with E-state index in [9.17, 15) is 37.9 Å². The number of para-hydroxylation sites is 1. The Morgan fingerprint density at radius 3 is 2.38 bits per heavy atom. The van der Waals surface area contributed by atoms with Crippen LogP contribution in [0, 0.1) is 30.6 Å². The van der Waals surface area contributed by atoms with Gasteiger partial charge in [0.1, 0.15) is 5.75 Å². The molecule has 15 heteroatoms. The van der Waals surface area contributed by atoms with Crippen LogP contribution in [0.5, 0.6) is 5.75 Å². The van der Waals surface area contributed by atoms with Crippen LogP contribution in [-0.4, -0.2) is 49.0 Å². The number of nitrogens with one attached hydrogen (secondary N) is 1. The van der Waals surface area contributed by atoms with Crippen molar-refractivity contribution in [3.8, 4) is 5.75 Å². The lowest BCUT2D eigenvalue weighted by atomic mass is 9.49. The number of halogens is 5. The molecule has 10 nitrogen and oxygen atoms in total. The molecular formula is C33H25Cl2F3N4O6. The number of aromatic hydroxyl groups is 1. The second-order valence-electron chi connectivity index (χ2n) is 12.4. The van der Waals surface area contributed by atoms with E-state index in [1.165, 1.54) is 12.1 Å². The molecule has 6 unspecified atom stereocenters. The molecule has 4 amide bonds. The van der Waals surface area contributed by atoms with Crippen molar-refractivity contribution in [1.29, 1.82) is 0 Å². The van der Waals surface area contributed by atoms with Crippen molar-refractivity contribution < 1.29 is 42.7 Å². The number of aromatic nitrogens is 1. The lowest BCUT2D eigenvalue weighted by molar-refractivity contribution is -0.173. The second-order valence-corrected chi connectivity index (χ2v) is 13.3. The molecule has 0 bridgehead atoms. The highest BCUT2D eigenvalue weighted by Crippen LogP contribution is 2.65. The van der Waals surface area contributed by atoms with Crippen molar-refractivity contribution in [2.75, 3.05) is 5.43 Å². The molecule has 2 saturated heterocycles. The number of anilines is 1. The number of aryl methyl sites for hydroxylation is 1. The Labute approximate surface area is 280 Å². The number of hydrazine groups is 1. The quantitative estimate of drug-likeness (QED) is 0.176. The van der Waals surface area contributed by atoms with Gasteiger partial charge in [-0.25, -0.2) is 4.98 Å². The van der Waals surface area contributed by atoms with Gasteiger partial charge in [0.15, 0.2) is 5.82 Å². The number of phenolic OH excluding ortho intramolecular Hbond substituents is 1. The summed E-state index contributed by atoms with van der Waals surface area (Å²) in [4.78, 5) is 59.5. The summed E-state index contributed by atoms with van der Waals surface area (Å²) in [6.07, 6.45) is -2.58. The minimum Gasteiger partial charge on any atom is -0.507 e. The van der Waals surface area contributed by atoms with Gasteiger partial charge in [0, 0.05) is 22.7 Å². The van der Waals surface area contributed by atoms with Crippen LogP contribution in [-0.2, 0) is 30.8 Å². The number of hydroxylamine groups is 2. The third-order valence-corrected chi connectivity index (χ3v) is 10.7. The van der Waals surface area contributed by atoms with Crippen molar-refractivity contribution >= 4 is 52.6 Å². The fraction of sp³-hybridized carbons (Fsp3) is 0.303. The fourth-order valence-electron chi connectivity index (χ4n) is 8.03. The molecule has 7 rings (SSSR count). The standard InChI is InChI=1S/C33H25Cl2F3N4O6/c1-14-3-2-4-20(26(14)43)25-18-9-10-19-24(30(46)42(48)28(19)44)21(18)12-22-29(45)41(31(47)32(22,25)15-5-7-17(34)8-6-15)40-27-23(35)11-16(13-39-27)33(36,37)38/h2-9,11,13,19,21-22,24-25,43,48H,10,12H2,1H3,(H,39,40). The fourth-order valence-corrected chi connectivity index (χ4v) is 8.36. The first kappa shape index (κ1) is 32.1. The Morgan fingerprint density at radius 2 is 1.71 bits per heavy atom. The first-order valence-electron chi connectivity index (χ1n) is 14.9. The molecule has 2 aromatic carbocycles. The number of allylic oxidation sites excluding steroid dienone is 2. The van der Waals surface area contributed by atoms with Crippen LogP contribution in [0.25, 0.3) is 0 Å². The van der Waals surface area contributed by atoms with E-state index < -0.39 is 81.2 Å². The van der Waals surface area contributed by atoms with Crippen LogP contribution in [0.4, 0.5) is 19.0 Å². The predicted molar refractivity (Wildman–Crippen MR) is 163 cm³/mol. The SMILES string of the molecule is Cc1cccc(C2C3=CCC4C(=O)N(O)C(=O)C4C3CC3C(=O)N(Nc4ncc(C(F)(F)F)cc4Cl)C(=O)C32c2ccc(Cl)cc2)c1O. The number of pyridine rings is 1. The molecule has 4 aliphatic rings. The molecule has 2 aliphatic carbocycles. The van der Waals surface area contributed by atoms with Gasteiger partial charge in [-0.05, 0) is 55.0 Å². The summed E-state index contributed by atoms with van der Waals surface area (Å²) in [7, 11) is 0. The average Bonchev–Trinajstić information content (AvgIpc) is 3.39. The first-order valence-corrected chi connectivity index (χ1v) is 15.6. The van der Waals surface area contributed by atoms with Crippen molar-refractivity contribution in [3.05, 3.63) is 98.7 Å². The van der Waals surface area contributed by atoms with E-state index >= 15 is 4.79 Å². The third-order valence-electron chi connectivity index (χ3n) is 10.1. The Balaban J connectivity index is 1.46. The number of phenols is 1. The highest BCUT2D eigenvalue weighted by Gasteiger charge is 2.70. The monoisotopic (exact) mass is 700 g/mol. The molecule has 248 valence electrons. The van der Waals surface area contributed by atoms with E-state index in [0.717, 1.165) is 0 Å². The molecule has 3 heterocycles. The van der Waals surface area contributed by atoms with E-state index in [2.05, 4.69) is 10.4 Å². The van der Waals surface area contributed by atoms with E-state index in [0.29, 0.717) is 39.0 Å². The Bertz CT molecular complexity index is 1950. The molecule has 48 heavy (non-hydrogen) atoms. The average molecular weight is 701 g/mol. The molecular weight excluding hydrogens is 676 g/mol. The Hall–Kier alpha value is -4.46. The first-order chi connectivity index (χ1) is 22.7. The molecule has 0 radical (unpaired) electrons. The number of carbonyl (C=O) groups is 4. The van der Waals surface area contributed by atoms with Gasteiger partial charge in [-0.1, -0.05) is 65.2 Å². The zero-order chi connectivity index (χ0) is 34.4. The number of alkyl halides is 3. The lowest BCUT2D eigenvalue weighted by Crippen LogP contribution is -2.53. The topological polar surface area (TPSA) is 140 Å². The molecule has 3 N–H and O–H groups in total. The zero-order valence-corrected chi connectivity index (χ0v) is 26.3. The van der Waals surface area contributed by atoms with Crippen LogP contribution in [0.2, 0.25) is 10.0 Å². The van der Waals surface area contributed by atoms with Gasteiger partial charge >= 0.3 is 6.18 Å². The van der Waals surface area contributed by atoms with E-state index in [-0.39, 0.29) is 29.2 Å². The minimum absolute atomic E-state index is 0.0533. The summed E-state index contributed by atoms with van der Waals surface area (Å²) in [5, 5.41) is 22.4. The van der Waals surface area contributed by atoms with Gasteiger partial charge in [0.25, 0.3) is 23.6 Å². The maximum absolute atomic E-state index is 15.0. The Morgan fingerprint density at radius 1 is 1.00 bits per heavy atom. The number of benzene rings is 2. The van der Waals surface area contributed by atoms with E-state index in [1.54, 1.807) is 43.3 Å². The summed E-state index contributed by atoms with van der Waals surface area (Å²) in [5.74, 6) is -8.86. The molecule has 3 aromatic rings. The third kappa shape index (κ3) is 4.47. The zero-order valence-electron chi connectivity index (χ0n) is 24.8. The van der Waals surface area contributed by atoms with Gasteiger partial charge in [-0.2, -0.15) is 23.2 Å². The molecule has 0 spiro atoms. The number of rotatable bonds is 4. The van der Waals surface area contributed by atoms with Crippen molar-refractivity contribution in [1.82, 2.24) is 15.1 Å². The highest BCUT2D eigenvalue weighted by molar-refractivity contribution is 6.33. The number of hydrogen-bond donors (Lipinski definition) is 3. The molecule has 1 aromatic heterocycles. The summed E-state index contributed by atoms with van der Waals surface area (Å²) in [6.45, 7) is 1.66. The van der Waals surface area contributed by atoms with Gasteiger partial charge < -0.3 is 5.11 Å². The van der Waals surface area contributed by atoms with Crippen LogP contribution in [0.1, 0.15) is 41.0 Å². The Kier molecular flexibility index (Phi) is 7.38. The molecule has 6 atom stereocenters. The largest absolute Gasteiger partial charge is 0.507 e. The summed E-state index contributed by atoms with van der Waals surface area (Å²) < 4.78 is 40.0. The number of imide groups is 2. The molecule has 1 saturated carbocycles.